The molecular weight excluding hydrogens is 373 g/mol. The van der Waals surface area contributed by atoms with Crippen molar-refractivity contribution in [3.8, 4) is 0 Å². The van der Waals surface area contributed by atoms with Crippen molar-refractivity contribution in [2.24, 2.45) is 5.41 Å². The van der Waals surface area contributed by atoms with Crippen molar-refractivity contribution >= 4 is 49.2 Å². The molecule has 1 aliphatic rings. The van der Waals surface area contributed by atoms with Crippen LogP contribution in [0.5, 0.6) is 0 Å². The fourth-order valence-electron chi connectivity index (χ4n) is 1.90. The first kappa shape index (κ1) is 15.6. The van der Waals surface area contributed by atoms with Gasteiger partial charge in [0.15, 0.2) is 0 Å². The maximum Gasteiger partial charge on any atom is 0.242 e. The van der Waals surface area contributed by atoms with Crippen LogP contribution in [0.4, 0.5) is 0 Å². The molecule has 2 rings (SSSR count). The summed E-state index contributed by atoms with van der Waals surface area (Å²) in [7, 11) is -3.61. The predicted octanol–water partition coefficient (Wildman–Crippen LogP) is 3.84. The second kappa shape index (κ2) is 5.90. The molecule has 0 amide bonds. The van der Waals surface area contributed by atoms with Gasteiger partial charge in [-0.3, -0.25) is 0 Å². The third-order valence-corrected chi connectivity index (χ3v) is 5.92. The van der Waals surface area contributed by atoms with E-state index in [0.717, 1.165) is 24.6 Å². The van der Waals surface area contributed by atoms with E-state index < -0.39 is 10.0 Å². The largest absolute Gasteiger partial charge is 0.242 e. The normalized spacial score (nSPS) is 17.4. The average molecular weight is 387 g/mol. The summed E-state index contributed by atoms with van der Waals surface area (Å²) in [5.74, 6) is 0. The zero-order chi connectivity index (χ0) is 14.1. The third kappa shape index (κ3) is 3.85. The van der Waals surface area contributed by atoms with Crippen LogP contribution in [0.2, 0.25) is 10.0 Å². The van der Waals surface area contributed by atoms with Crippen molar-refractivity contribution < 1.29 is 8.42 Å². The van der Waals surface area contributed by atoms with E-state index in [1.165, 1.54) is 12.1 Å². The van der Waals surface area contributed by atoms with Crippen LogP contribution < -0.4 is 4.72 Å². The number of rotatable bonds is 6. The van der Waals surface area contributed by atoms with E-state index in [1.807, 2.05) is 0 Å². The van der Waals surface area contributed by atoms with Crippen molar-refractivity contribution in [3.05, 3.63) is 28.2 Å². The molecule has 0 heterocycles. The number of hydrogen-bond donors (Lipinski definition) is 1. The summed E-state index contributed by atoms with van der Waals surface area (Å²) in [6.45, 7) is 0.448. The number of sulfonamides is 1. The van der Waals surface area contributed by atoms with Gasteiger partial charge >= 0.3 is 0 Å². The first-order valence-electron chi connectivity index (χ1n) is 5.89. The molecule has 0 unspecified atom stereocenters. The van der Waals surface area contributed by atoms with E-state index >= 15 is 0 Å². The van der Waals surface area contributed by atoms with E-state index in [2.05, 4.69) is 20.7 Å². The highest BCUT2D eigenvalue weighted by Crippen LogP contribution is 2.48. The summed E-state index contributed by atoms with van der Waals surface area (Å²) >= 11 is 15.1. The minimum Gasteiger partial charge on any atom is -0.211 e. The van der Waals surface area contributed by atoms with Gasteiger partial charge in [0.2, 0.25) is 10.0 Å². The Kier molecular flexibility index (Phi) is 4.83. The Morgan fingerprint density at radius 1 is 1.32 bits per heavy atom. The van der Waals surface area contributed by atoms with E-state index in [9.17, 15) is 8.42 Å². The van der Waals surface area contributed by atoms with Crippen LogP contribution in [-0.2, 0) is 10.0 Å². The lowest BCUT2D eigenvalue weighted by Gasteiger charge is -2.15. The number of nitrogens with one attached hydrogen (secondary N) is 1. The smallest absolute Gasteiger partial charge is 0.211 e. The van der Waals surface area contributed by atoms with E-state index in [4.69, 9.17) is 23.2 Å². The van der Waals surface area contributed by atoms with Gasteiger partial charge in [-0.25, -0.2) is 13.1 Å². The van der Waals surface area contributed by atoms with Gasteiger partial charge in [0, 0.05) is 16.9 Å². The minimum atomic E-state index is -3.61. The van der Waals surface area contributed by atoms with Crippen LogP contribution in [0.1, 0.15) is 19.3 Å². The van der Waals surface area contributed by atoms with Crippen molar-refractivity contribution in [2.75, 3.05) is 11.9 Å². The van der Waals surface area contributed by atoms with E-state index in [-0.39, 0.29) is 15.3 Å². The molecule has 1 saturated carbocycles. The van der Waals surface area contributed by atoms with Crippen LogP contribution >= 0.6 is 39.1 Å². The van der Waals surface area contributed by atoms with E-state index in [1.54, 1.807) is 6.07 Å². The predicted molar refractivity (Wildman–Crippen MR) is 81.7 cm³/mol. The lowest BCUT2D eigenvalue weighted by Crippen LogP contribution is -2.30. The molecule has 0 bridgehead atoms. The fraction of sp³-hybridized carbons (Fsp3) is 0.500. The molecule has 1 aliphatic carbocycles. The Hall–Kier alpha value is 0.190. The lowest BCUT2D eigenvalue weighted by atomic mass is 10.1. The Morgan fingerprint density at radius 3 is 2.58 bits per heavy atom. The Balaban J connectivity index is 2.12. The summed E-state index contributed by atoms with van der Waals surface area (Å²) in [4.78, 5) is 0.0382. The molecule has 1 fully saturated rings. The third-order valence-electron chi connectivity index (χ3n) is 3.40. The first-order valence-corrected chi connectivity index (χ1v) is 9.25. The summed E-state index contributed by atoms with van der Waals surface area (Å²) in [6.07, 6.45) is 3.09. The monoisotopic (exact) mass is 385 g/mol. The molecule has 0 spiro atoms. The van der Waals surface area contributed by atoms with Crippen LogP contribution in [-0.4, -0.2) is 20.3 Å². The zero-order valence-electron chi connectivity index (χ0n) is 10.1. The molecule has 106 valence electrons. The molecule has 7 heteroatoms. The molecule has 0 atom stereocenters. The SMILES string of the molecule is O=S(=O)(NCC1(CCBr)CC1)c1cc(Cl)ccc1Cl. The van der Waals surface area contributed by atoms with Crippen molar-refractivity contribution in [3.63, 3.8) is 0 Å². The highest BCUT2D eigenvalue weighted by atomic mass is 79.9. The van der Waals surface area contributed by atoms with Gasteiger partial charge in [-0.15, -0.1) is 0 Å². The Labute approximate surface area is 131 Å². The van der Waals surface area contributed by atoms with Crippen molar-refractivity contribution in [1.29, 1.82) is 0 Å². The summed E-state index contributed by atoms with van der Waals surface area (Å²) in [5, 5.41) is 1.42. The highest BCUT2D eigenvalue weighted by Gasteiger charge is 2.42. The van der Waals surface area contributed by atoms with Crippen LogP contribution in [0, 0.1) is 5.41 Å². The number of halogens is 3. The molecule has 19 heavy (non-hydrogen) atoms. The number of hydrogen-bond acceptors (Lipinski definition) is 2. The molecule has 1 aromatic rings. The second-order valence-electron chi connectivity index (χ2n) is 4.84. The lowest BCUT2D eigenvalue weighted by molar-refractivity contribution is 0.480. The molecule has 0 radical (unpaired) electrons. The molecule has 0 saturated heterocycles. The Bertz CT molecular complexity index is 573. The van der Waals surface area contributed by atoms with Crippen LogP contribution in [0.15, 0.2) is 23.1 Å². The zero-order valence-corrected chi connectivity index (χ0v) is 14.0. The number of alkyl halides is 1. The van der Waals surface area contributed by atoms with Gasteiger partial charge in [0.1, 0.15) is 4.90 Å². The molecule has 0 aromatic heterocycles. The molecule has 3 nitrogen and oxygen atoms in total. The first-order chi connectivity index (χ1) is 8.88. The van der Waals surface area contributed by atoms with Gasteiger partial charge in [0.05, 0.1) is 5.02 Å². The van der Waals surface area contributed by atoms with Gasteiger partial charge in [0.25, 0.3) is 0 Å². The summed E-state index contributed by atoms with van der Waals surface area (Å²) < 4.78 is 27.1. The van der Waals surface area contributed by atoms with Crippen molar-refractivity contribution in [1.82, 2.24) is 4.72 Å². The van der Waals surface area contributed by atoms with Crippen LogP contribution in [0.3, 0.4) is 0 Å². The average Bonchev–Trinajstić information content (AvgIpc) is 3.11. The standard InChI is InChI=1S/C12H14BrCl2NO2S/c13-6-5-12(3-4-12)8-16-19(17,18)11-7-9(14)1-2-10(11)15/h1-2,7,16H,3-6,8H2. The maximum absolute atomic E-state index is 12.2. The summed E-state index contributed by atoms with van der Waals surface area (Å²) in [5.41, 5.74) is 0.113. The highest BCUT2D eigenvalue weighted by molar-refractivity contribution is 9.09. The number of benzene rings is 1. The molecular formula is C12H14BrCl2NO2S. The van der Waals surface area contributed by atoms with E-state index in [0.29, 0.717) is 11.6 Å². The second-order valence-corrected chi connectivity index (χ2v) is 8.21. The quantitative estimate of drug-likeness (QED) is 0.755. The van der Waals surface area contributed by atoms with Crippen LogP contribution in [0.25, 0.3) is 0 Å². The van der Waals surface area contributed by atoms with Crippen molar-refractivity contribution in [2.45, 2.75) is 24.2 Å². The Morgan fingerprint density at radius 2 is 2.00 bits per heavy atom. The van der Waals surface area contributed by atoms with Gasteiger partial charge in [-0.05, 0) is 42.9 Å². The van der Waals surface area contributed by atoms with Gasteiger partial charge < -0.3 is 0 Å². The fourth-order valence-corrected chi connectivity index (χ4v) is 4.66. The molecule has 1 N–H and O–H groups in total. The molecule has 1 aromatic carbocycles. The minimum absolute atomic E-state index is 0.0382. The maximum atomic E-state index is 12.2. The topological polar surface area (TPSA) is 46.2 Å². The van der Waals surface area contributed by atoms with Gasteiger partial charge in [-0.1, -0.05) is 39.1 Å². The summed E-state index contributed by atoms with van der Waals surface area (Å²) in [6, 6.07) is 4.43. The molecule has 0 aliphatic heterocycles. The van der Waals surface area contributed by atoms with Gasteiger partial charge in [-0.2, -0.15) is 0 Å².